The van der Waals surface area contributed by atoms with Crippen molar-refractivity contribution in [3.05, 3.63) is 106 Å². The summed E-state index contributed by atoms with van der Waals surface area (Å²) in [6.45, 7) is 1.90. The molecule has 6 rings (SSSR count). The van der Waals surface area contributed by atoms with Crippen LogP contribution >= 0.6 is 0 Å². The molecule has 9 amide bonds. The molecule has 3 N–H and O–H groups in total. The Bertz CT molecular complexity index is 1950. The van der Waals surface area contributed by atoms with Crippen molar-refractivity contribution < 1.29 is 71.9 Å². The maximum atomic E-state index is 12.5. The summed E-state index contributed by atoms with van der Waals surface area (Å²) in [5.41, 5.74) is 1.57. The van der Waals surface area contributed by atoms with Crippen LogP contribution in [0.1, 0.15) is 81.4 Å². The van der Waals surface area contributed by atoms with Gasteiger partial charge in [-0.2, -0.15) is 0 Å². The molecule has 3 aliphatic heterocycles. The molecule has 3 aromatic carbocycles. The number of hydroxylamine groups is 6. The minimum Gasteiger partial charge on any atom is -0.378 e. The second-order valence-corrected chi connectivity index (χ2v) is 14.8. The molecule has 0 fully saturated rings. The number of nitrogens with one attached hydrogen (secondary N) is 3. The second kappa shape index (κ2) is 25.2. The van der Waals surface area contributed by atoms with E-state index < -0.39 is 35.4 Å². The molecule has 0 spiro atoms. The van der Waals surface area contributed by atoms with Gasteiger partial charge in [-0.25, -0.2) is 0 Å². The number of imide groups is 3. The predicted molar refractivity (Wildman–Crippen MR) is 230 cm³/mol. The van der Waals surface area contributed by atoms with Gasteiger partial charge in [-0.05, 0) is 36.4 Å². The smallest absolute Gasteiger partial charge is 0.285 e. The lowest BCUT2D eigenvalue weighted by atomic mass is 10.1. The molecule has 3 aromatic rings. The number of amides is 9. The number of hydrogen-bond donors (Lipinski definition) is 3. The second-order valence-electron chi connectivity index (χ2n) is 14.8. The molecule has 0 saturated heterocycles. The van der Waals surface area contributed by atoms with E-state index in [0.29, 0.717) is 34.8 Å². The molecule has 3 heterocycles. The average Bonchev–Trinajstić information content (AvgIpc) is 3.83. The van der Waals surface area contributed by atoms with Crippen LogP contribution in [0.4, 0.5) is 0 Å². The monoisotopic (exact) mass is 929 g/mol. The van der Waals surface area contributed by atoms with Crippen molar-refractivity contribution in [3.8, 4) is 0 Å². The predicted octanol–water partition coefficient (Wildman–Crippen LogP) is 0.541. The van der Waals surface area contributed by atoms with E-state index >= 15 is 0 Å². The van der Waals surface area contributed by atoms with E-state index in [0.717, 1.165) is 0 Å². The van der Waals surface area contributed by atoms with Gasteiger partial charge >= 0.3 is 0 Å². The summed E-state index contributed by atoms with van der Waals surface area (Å²) < 4.78 is 16.4. The van der Waals surface area contributed by atoms with Crippen molar-refractivity contribution in [1.29, 1.82) is 0 Å². The van der Waals surface area contributed by atoms with Crippen molar-refractivity contribution in [3.63, 3.8) is 0 Å². The van der Waals surface area contributed by atoms with Gasteiger partial charge in [-0.15, -0.1) is 15.2 Å². The molecule has 0 radical (unpaired) electrons. The molecule has 67 heavy (non-hydrogen) atoms. The van der Waals surface area contributed by atoms with Crippen LogP contribution in [0.25, 0.3) is 0 Å². The van der Waals surface area contributed by atoms with Gasteiger partial charge in [0, 0.05) is 58.5 Å². The fourth-order valence-electron chi connectivity index (χ4n) is 6.88. The Balaban J connectivity index is 0.835. The normalized spacial score (nSPS) is 14.0. The topological polar surface area (TPSA) is 258 Å². The van der Waals surface area contributed by atoms with Gasteiger partial charge in [0.15, 0.2) is 0 Å². The van der Waals surface area contributed by atoms with Gasteiger partial charge < -0.3 is 30.2 Å². The van der Waals surface area contributed by atoms with E-state index in [9.17, 15) is 43.2 Å². The van der Waals surface area contributed by atoms with E-state index in [1.807, 2.05) is 4.90 Å². The summed E-state index contributed by atoms with van der Waals surface area (Å²) in [5, 5.41) is 10.5. The summed E-state index contributed by atoms with van der Waals surface area (Å²) in [6.07, 6.45) is 0.104. The first kappa shape index (κ1) is 49.6. The largest absolute Gasteiger partial charge is 0.378 e. The number of carbonyl (C=O) groups excluding carboxylic acids is 9. The molecule has 3 aliphatic rings. The number of benzene rings is 3. The van der Waals surface area contributed by atoms with Crippen LogP contribution in [-0.4, -0.2) is 172 Å². The van der Waals surface area contributed by atoms with E-state index in [4.69, 9.17) is 28.7 Å². The molecule has 0 unspecified atom stereocenters. The van der Waals surface area contributed by atoms with E-state index in [-0.39, 0.29) is 149 Å². The zero-order valence-electron chi connectivity index (χ0n) is 36.6. The van der Waals surface area contributed by atoms with Crippen molar-refractivity contribution in [2.75, 3.05) is 98.7 Å². The zero-order chi connectivity index (χ0) is 47.5. The Morgan fingerprint density at radius 2 is 0.612 bits per heavy atom. The number of ether oxygens (including phenoxy) is 3. The van der Waals surface area contributed by atoms with Gasteiger partial charge in [0.25, 0.3) is 35.4 Å². The van der Waals surface area contributed by atoms with Crippen LogP contribution < -0.4 is 16.0 Å². The quantitative estimate of drug-likeness (QED) is 0.0609. The zero-order valence-corrected chi connectivity index (χ0v) is 36.6. The molecule has 0 aliphatic carbocycles. The summed E-state index contributed by atoms with van der Waals surface area (Å²) in [5.74, 6) is -4.18. The first-order valence-corrected chi connectivity index (χ1v) is 21.6. The summed E-state index contributed by atoms with van der Waals surface area (Å²) in [4.78, 5) is 130. The van der Waals surface area contributed by atoms with E-state index in [1.165, 1.54) is 0 Å². The molecular formula is C45H51N7O15. The summed E-state index contributed by atoms with van der Waals surface area (Å²) in [7, 11) is 0. The highest BCUT2D eigenvalue weighted by molar-refractivity contribution is 6.21. The lowest BCUT2D eigenvalue weighted by Crippen LogP contribution is -2.43. The number of fused-ring (bicyclic) bond motifs is 3. The van der Waals surface area contributed by atoms with Crippen molar-refractivity contribution >= 4 is 53.2 Å². The van der Waals surface area contributed by atoms with E-state index in [1.54, 1.807) is 72.8 Å². The summed E-state index contributed by atoms with van der Waals surface area (Å²) in [6, 6.07) is 19.2. The Morgan fingerprint density at radius 1 is 0.373 bits per heavy atom. The SMILES string of the molecule is O=C(CCOCCON1C(=O)c2ccccc2C1=O)NCCN(CCNC(=O)CCOCCON1C(=O)c2ccccc2C1=O)CCNC(=O)CCOCCON1C(=O)c2ccccc2C1=O. The lowest BCUT2D eigenvalue weighted by molar-refractivity contribution is -0.124. The number of hydrogen-bond acceptors (Lipinski definition) is 16. The molecular weight excluding hydrogens is 879 g/mol. The highest BCUT2D eigenvalue weighted by atomic mass is 16.7. The first-order chi connectivity index (χ1) is 32.5. The highest BCUT2D eigenvalue weighted by Crippen LogP contribution is 2.24. The number of rotatable bonds is 30. The van der Waals surface area contributed by atoms with Crippen LogP contribution in [0.5, 0.6) is 0 Å². The molecule has 0 bridgehead atoms. The van der Waals surface area contributed by atoms with Crippen molar-refractivity contribution in [2.45, 2.75) is 19.3 Å². The molecule has 0 saturated carbocycles. The summed E-state index contributed by atoms with van der Waals surface area (Å²) >= 11 is 0. The Hall–Kier alpha value is -6.79. The molecule has 356 valence electrons. The third-order valence-electron chi connectivity index (χ3n) is 10.3. The number of carbonyl (C=O) groups is 9. The molecule has 22 heteroatoms. The lowest BCUT2D eigenvalue weighted by Gasteiger charge is -2.23. The van der Waals surface area contributed by atoms with Crippen LogP contribution in [0.15, 0.2) is 72.8 Å². The first-order valence-electron chi connectivity index (χ1n) is 21.6. The van der Waals surface area contributed by atoms with Gasteiger partial charge in [-0.3, -0.25) is 62.6 Å². The maximum absolute atomic E-state index is 12.5. The molecule has 0 aromatic heterocycles. The standard InChI is InChI=1S/C45H51N7O15/c53-37(13-22-62-25-28-65-50-40(56)31-7-1-2-8-32(31)41(50)57)46-16-19-49(20-17-47-38(54)14-23-63-26-29-66-51-42(58)33-9-3-4-10-34(33)43(51)59)21-18-48-39(55)15-24-64-27-30-67-52-44(60)35-11-5-6-12-36(35)45(52)61/h1-12H,13-30H2,(H,46,53)(H,47,54)(H,48,55). The van der Waals surface area contributed by atoms with Crippen LogP contribution in [0.3, 0.4) is 0 Å². The van der Waals surface area contributed by atoms with E-state index in [2.05, 4.69) is 16.0 Å². The third kappa shape index (κ3) is 13.6. The minimum absolute atomic E-state index is 0.0322. The van der Waals surface area contributed by atoms with Crippen molar-refractivity contribution in [2.24, 2.45) is 0 Å². The third-order valence-corrected chi connectivity index (χ3v) is 10.3. The molecule has 22 nitrogen and oxygen atoms in total. The van der Waals surface area contributed by atoms with Crippen LogP contribution in [0, 0.1) is 0 Å². The van der Waals surface area contributed by atoms with Gasteiger partial charge in [0.05, 0.1) is 92.8 Å². The van der Waals surface area contributed by atoms with Gasteiger partial charge in [-0.1, -0.05) is 36.4 Å². The Kier molecular flexibility index (Phi) is 18.7. The van der Waals surface area contributed by atoms with Gasteiger partial charge in [0.2, 0.25) is 17.7 Å². The van der Waals surface area contributed by atoms with Crippen molar-refractivity contribution in [1.82, 2.24) is 36.0 Å². The fourth-order valence-corrected chi connectivity index (χ4v) is 6.88. The highest BCUT2D eigenvalue weighted by Gasteiger charge is 2.38. The van der Waals surface area contributed by atoms with Crippen LogP contribution in [-0.2, 0) is 43.1 Å². The van der Waals surface area contributed by atoms with Crippen LogP contribution in [0.2, 0.25) is 0 Å². The maximum Gasteiger partial charge on any atom is 0.285 e. The minimum atomic E-state index is -0.553. The fraction of sp³-hybridized carbons (Fsp3) is 0.400. The number of nitrogens with zero attached hydrogens (tertiary/aromatic N) is 4. The Labute approximate surface area is 384 Å². The Morgan fingerprint density at radius 3 is 0.851 bits per heavy atom. The average molecular weight is 930 g/mol. The van der Waals surface area contributed by atoms with Gasteiger partial charge in [0.1, 0.15) is 0 Å². The molecule has 0 atom stereocenters.